The lowest BCUT2D eigenvalue weighted by Gasteiger charge is -2.15. The molecule has 0 radical (unpaired) electrons. The fourth-order valence-electron chi connectivity index (χ4n) is 6.52. The van der Waals surface area contributed by atoms with E-state index in [1.54, 1.807) is 18.2 Å². The van der Waals surface area contributed by atoms with Crippen molar-refractivity contribution >= 4 is 17.7 Å². The number of amides is 1. The SMILES string of the molecule is O=C(Nc1ccccc1)OCCCCC[NH2+]Cc1ccc(OCCCCCCOc2ccc(COC(=O)c3ccc4c(c3)OCCOCCOCCOCCOCCOCCO4)cc2)cc1. The van der Waals surface area contributed by atoms with Crippen molar-refractivity contribution in [1.82, 2.24) is 0 Å². The van der Waals surface area contributed by atoms with Crippen LogP contribution in [0.4, 0.5) is 10.5 Å². The summed E-state index contributed by atoms with van der Waals surface area (Å²) in [4.78, 5) is 24.9. The summed E-state index contributed by atoms with van der Waals surface area (Å²) in [6, 6.07) is 30.2. The summed E-state index contributed by atoms with van der Waals surface area (Å²) in [5.41, 5.74) is 3.18. The monoisotopic (exact) mass is 917 g/mol. The van der Waals surface area contributed by atoms with Crippen LogP contribution >= 0.6 is 0 Å². The number of esters is 1. The number of hydrogen-bond acceptors (Lipinski definition) is 13. The number of rotatable bonds is 21. The maximum Gasteiger partial charge on any atom is 0.411 e. The number of quaternary nitrogens is 1. The Labute approximate surface area is 389 Å². The van der Waals surface area contributed by atoms with E-state index in [0.717, 1.165) is 80.8 Å². The van der Waals surface area contributed by atoms with E-state index in [-0.39, 0.29) is 13.2 Å². The third kappa shape index (κ3) is 22.7. The number of unbranched alkanes of at least 4 members (excludes halogenated alkanes) is 5. The highest BCUT2D eigenvalue weighted by Gasteiger charge is 2.14. The second-order valence-electron chi connectivity index (χ2n) is 15.4. The summed E-state index contributed by atoms with van der Waals surface area (Å²) < 4.78 is 62.4. The summed E-state index contributed by atoms with van der Waals surface area (Å²) in [7, 11) is 0. The van der Waals surface area contributed by atoms with Gasteiger partial charge in [0.15, 0.2) is 11.5 Å². The van der Waals surface area contributed by atoms with Crippen molar-refractivity contribution in [2.75, 3.05) is 111 Å². The molecule has 0 aromatic heterocycles. The molecule has 15 heteroatoms. The van der Waals surface area contributed by atoms with Crippen molar-refractivity contribution in [2.45, 2.75) is 58.1 Å². The molecule has 1 amide bonds. The van der Waals surface area contributed by atoms with E-state index in [2.05, 4.69) is 22.8 Å². The van der Waals surface area contributed by atoms with Gasteiger partial charge in [-0.15, -0.1) is 0 Å². The molecule has 0 fully saturated rings. The normalized spacial score (nSPS) is 14.5. The molecule has 3 N–H and O–H groups in total. The van der Waals surface area contributed by atoms with Crippen molar-refractivity contribution in [1.29, 1.82) is 0 Å². The number of carbonyl (C=O) groups is 2. The van der Waals surface area contributed by atoms with Crippen LogP contribution in [0.2, 0.25) is 0 Å². The van der Waals surface area contributed by atoms with Crippen LogP contribution in [0, 0.1) is 0 Å². The zero-order valence-corrected chi connectivity index (χ0v) is 38.3. The van der Waals surface area contributed by atoms with E-state index in [9.17, 15) is 9.59 Å². The molecule has 0 aliphatic carbocycles. The molecule has 4 aromatic carbocycles. The molecule has 1 heterocycles. The molecular weight excluding hydrogens is 849 g/mol. The van der Waals surface area contributed by atoms with Crippen LogP contribution in [-0.2, 0) is 46.3 Å². The van der Waals surface area contributed by atoms with E-state index in [4.69, 9.17) is 52.1 Å². The quantitative estimate of drug-likeness (QED) is 0.0629. The van der Waals surface area contributed by atoms with Gasteiger partial charge in [-0.1, -0.05) is 30.3 Å². The smallest absolute Gasteiger partial charge is 0.411 e. The summed E-state index contributed by atoms with van der Waals surface area (Å²) in [6.07, 6.45) is 6.56. The highest BCUT2D eigenvalue weighted by molar-refractivity contribution is 5.90. The van der Waals surface area contributed by atoms with Gasteiger partial charge in [0, 0.05) is 11.3 Å². The van der Waals surface area contributed by atoms with Gasteiger partial charge in [-0.2, -0.15) is 0 Å². The largest absolute Gasteiger partial charge is 0.494 e. The molecule has 0 bridgehead atoms. The van der Waals surface area contributed by atoms with Crippen LogP contribution in [0.15, 0.2) is 97.1 Å². The van der Waals surface area contributed by atoms with Crippen LogP contribution in [0.5, 0.6) is 23.0 Å². The topological polar surface area (TPSA) is 164 Å². The number of hydrogen-bond donors (Lipinski definition) is 2. The van der Waals surface area contributed by atoms with Gasteiger partial charge >= 0.3 is 12.1 Å². The molecule has 0 atom stereocenters. The van der Waals surface area contributed by atoms with Gasteiger partial charge in [0.05, 0.1) is 98.0 Å². The lowest BCUT2D eigenvalue weighted by atomic mass is 10.2. The second-order valence-corrected chi connectivity index (χ2v) is 15.4. The third-order valence-corrected chi connectivity index (χ3v) is 10.1. The highest BCUT2D eigenvalue weighted by Crippen LogP contribution is 2.29. The predicted octanol–water partition coefficient (Wildman–Crippen LogP) is 7.40. The molecule has 4 aromatic rings. The Hall–Kier alpha value is -5.42. The first kappa shape index (κ1) is 51.6. The van der Waals surface area contributed by atoms with Gasteiger partial charge < -0.3 is 57.4 Å². The van der Waals surface area contributed by atoms with Gasteiger partial charge in [-0.05, 0) is 117 Å². The Kier molecular flexibility index (Phi) is 25.9. The second kappa shape index (κ2) is 33.1. The number of nitrogens with two attached hydrogens (primary N) is 1. The Balaban J connectivity index is 0.879. The van der Waals surface area contributed by atoms with Crippen LogP contribution in [0.3, 0.4) is 0 Å². The molecule has 0 spiro atoms. The first-order valence-corrected chi connectivity index (χ1v) is 23.3. The molecule has 15 nitrogen and oxygen atoms in total. The van der Waals surface area contributed by atoms with Gasteiger partial charge in [-0.25, -0.2) is 9.59 Å². The lowest BCUT2D eigenvalue weighted by Crippen LogP contribution is -2.82. The summed E-state index contributed by atoms with van der Waals surface area (Å²) >= 11 is 0. The predicted molar refractivity (Wildman–Crippen MR) is 249 cm³/mol. The summed E-state index contributed by atoms with van der Waals surface area (Å²) in [5, 5.41) is 5.03. The third-order valence-electron chi connectivity index (χ3n) is 10.1. The first-order chi connectivity index (χ1) is 32.6. The summed E-state index contributed by atoms with van der Waals surface area (Å²) in [5.74, 6) is 2.08. The van der Waals surface area contributed by atoms with Gasteiger partial charge in [0.25, 0.3) is 0 Å². The fraction of sp³-hybridized carbons (Fsp3) is 0.490. The first-order valence-electron chi connectivity index (χ1n) is 23.3. The zero-order chi connectivity index (χ0) is 46.0. The summed E-state index contributed by atoms with van der Waals surface area (Å²) in [6.45, 7) is 8.76. The van der Waals surface area contributed by atoms with E-state index in [0.29, 0.717) is 110 Å². The average Bonchev–Trinajstić information content (AvgIpc) is 3.34. The zero-order valence-electron chi connectivity index (χ0n) is 38.3. The molecule has 5 rings (SSSR count). The van der Waals surface area contributed by atoms with Gasteiger partial charge in [0.1, 0.15) is 37.9 Å². The molecule has 1 aliphatic rings. The van der Waals surface area contributed by atoms with E-state index < -0.39 is 12.1 Å². The lowest BCUT2D eigenvalue weighted by molar-refractivity contribution is -0.671. The minimum absolute atomic E-state index is 0.111. The van der Waals surface area contributed by atoms with E-state index >= 15 is 0 Å². The molecule has 1 aliphatic heterocycles. The average molecular weight is 918 g/mol. The number of carbonyl (C=O) groups excluding carboxylic acids is 2. The maximum atomic E-state index is 13.1. The molecule has 0 saturated heterocycles. The van der Waals surface area contributed by atoms with Crippen molar-refractivity contribution < 1.29 is 67.0 Å². The van der Waals surface area contributed by atoms with E-state index in [1.807, 2.05) is 66.7 Å². The van der Waals surface area contributed by atoms with Crippen molar-refractivity contribution in [3.63, 3.8) is 0 Å². The van der Waals surface area contributed by atoms with Crippen molar-refractivity contribution in [2.24, 2.45) is 0 Å². The standard InChI is InChI=1S/C51H68N2O13/c54-50(44-17-22-48-49(39-44)64-38-36-60-34-32-58-30-28-56-27-29-57-31-33-59-35-37-63-48)66-41-43-15-20-47(21-16-43)62-25-9-2-1-8-24-61-46-18-13-42(14-19-46)40-52-23-7-4-10-26-65-51(55)53-45-11-5-3-6-12-45/h3,5-6,11-22,39,52H,1-2,4,7-10,23-38,40-41H2,(H,53,55)/p+1. The van der Waals surface area contributed by atoms with Gasteiger partial charge in [0.2, 0.25) is 0 Å². The Morgan fingerprint density at radius 3 is 1.61 bits per heavy atom. The van der Waals surface area contributed by atoms with Crippen molar-refractivity contribution in [3.8, 4) is 23.0 Å². The minimum Gasteiger partial charge on any atom is -0.494 e. The molecule has 0 unspecified atom stereocenters. The van der Waals surface area contributed by atoms with Gasteiger partial charge in [-0.3, -0.25) is 5.32 Å². The molecule has 0 saturated carbocycles. The number of benzene rings is 4. The molecule has 66 heavy (non-hydrogen) atoms. The Bertz CT molecular complexity index is 1880. The Morgan fingerprint density at radius 2 is 1.02 bits per heavy atom. The molecular formula is C51H69N2O13+. The number of nitrogens with one attached hydrogen (secondary N) is 1. The maximum absolute atomic E-state index is 13.1. The van der Waals surface area contributed by atoms with Crippen molar-refractivity contribution in [3.05, 3.63) is 114 Å². The minimum atomic E-state index is -0.478. The number of para-hydroxylation sites is 1. The number of fused-ring (bicyclic) bond motifs is 1. The van der Waals surface area contributed by atoms with E-state index in [1.165, 1.54) is 5.56 Å². The molecule has 360 valence electrons. The van der Waals surface area contributed by atoms with Crippen LogP contribution < -0.4 is 29.6 Å². The Morgan fingerprint density at radius 1 is 0.500 bits per heavy atom. The van der Waals surface area contributed by atoms with Crippen LogP contribution in [0.1, 0.15) is 66.4 Å². The number of anilines is 1. The highest BCUT2D eigenvalue weighted by atomic mass is 16.6. The van der Waals surface area contributed by atoms with Crippen LogP contribution in [0.25, 0.3) is 0 Å². The fourth-order valence-corrected chi connectivity index (χ4v) is 6.52. The number of ether oxygens (including phenoxy) is 11. The van der Waals surface area contributed by atoms with Crippen LogP contribution in [-0.4, -0.2) is 118 Å².